The van der Waals surface area contributed by atoms with Crippen LogP contribution in [0.25, 0.3) is 22.1 Å². The van der Waals surface area contributed by atoms with Crippen LogP contribution in [0.5, 0.6) is 5.75 Å². The monoisotopic (exact) mass is 393 g/mol. The van der Waals surface area contributed by atoms with Gasteiger partial charge in [-0.05, 0) is 36.4 Å². The number of methoxy groups -OCH3 is 1. The second-order valence-electron chi connectivity index (χ2n) is 6.88. The van der Waals surface area contributed by atoms with Crippen molar-refractivity contribution in [2.45, 2.75) is 6.54 Å². The third kappa shape index (κ3) is 3.97. The number of benzene rings is 2. The number of furan rings is 1. The molecule has 0 aliphatic heterocycles. The Morgan fingerprint density at radius 2 is 1.97 bits per heavy atom. The van der Waals surface area contributed by atoms with Gasteiger partial charge in [0.1, 0.15) is 23.4 Å². The van der Waals surface area contributed by atoms with Crippen molar-refractivity contribution < 1.29 is 18.8 Å². The summed E-state index contributed by atoms with van der Waals surface area (Å²) in [6, 6.07) is 14.5. The average Bonchev–Trinajstić information content (AvgIpc) is 3.08. The molecule has 1 unspecified atom stereocenters. The van der Waals surface area contributed by atoms with Crippen molar-refractivity contribution in [1.29, 1.82) is 0 Å². The Morgan fingerprint density at radius 3 is 2.72 bits per heavy atom. The van der Waals surface area contributed by atoms with Crippen LogP contribution < -0.4 is 20.5 Å². The third-order valence-corrected chi connectivity index (χ3v) is 4.59. The summed E-state index contributed by atoms with van der Waals surface area (Å²) in [6.45, 7) is 0.612. The zero-order chi connectivity index (χ0) is 20.4. The zero-order valence-corrected chi connectivity index (χ0v) is 16.1. The minimum Gasteiger partial charge on any atom is -0.497 e. The van der Waals surface area contributed by atoms with Gasteiger partial charge in [0.15, 0.2) is 12.4 Å². The van der Waals surface area contributed by atoms with Crippen LogP contribution >= 0.6 is 0 Å². The highest BCUT2D eigenvalue weighted by Crippen LogP contribution is 2.24. The lowest BCUT2D eigenvalue weighted by Crippen LogP contribution is -3.08. The van der Waals surface area contributed by atoms with Crippen LogP contribution in [0.2, 0.25) is 0 Å². The number of hydrogen-bond donors (Lipinski definition) is 3. The number of quaternary nitrogens is 1. The molecule has 0 bridgehead atoms. The Kier molecular flexibility index (Phi) is 5.01. The van der Waals surface area contributed by atoms with E-state index in [9.17, 15) is 9.59 Å². The molecule has 2 aromatic carbocycles. The van der Waals surface area contributed by atoms with Gasteiger partial charge in [0.2, 0.25) is 5.58 Å². The summed E-state index contributed by atoms with van der Waals surface area (Å²) < 4.78 is 10.7. The van der Waals surface area contributed by atoms with Crippen molar-refractivity contribution >= 4 is 33.7 Å². The number of aromatic amines is 1. The molecule has 0 saturated heterocycles. The molecule has 2 heterocycles. The van der Waals surface area contributed by atoms with Crippen LogP contribution in [0.3, 0.4) is 0 Å². The van der Waals surface area contributed by atoms with E-state index in [-0.39, 0.29) is 23.6 Å². The Labute approximate surface area is 166 Å². The number of nitrogens with zero attached hydrogens (tertiary/aromatic N) is 1. The molecule has 29 heavy (non-hydrogen) atoms. The largest absolute Gasteiger partial charge is 0.497 e. The fourth-order valence-corrected chi connectivity index (χ4v) is 3.23. The summed E-state index contributed by atoms with van der Waals surface area (Å²) in [6.07, 6.45) is 0. The molecular weight excluding hydrogens is 372 g/mol. The quantitative estimate of drug-likeness (QED) is 0.459. The summed E-state index contributed by atoms with van der Waals surface area (Å²) in [4.78, 5) is 32.9. The molecule has 0 saturated carbocycles. The number of ether oxygens (including phenoxy) is 1. The van der Waals surface area contributed by atoms with E-state index < -0.39 is 0 Å². The first-order valence-electron chi connectivity index (χ1n) is 9.19. The molecule has 2 aromatic heterocycles. The highest BCUT2D eigenvalue weighted by molar-refractivity contribution is 6.01. The second-order valence-corrected chi connectivity index (χ2v) is 6.88. The summed E-state index contributed by atoms with van der Waals surface area (Å²) in [5.74, 6) is 1.09. The van der Waals surface area contributed by atoms with Gasteiger partial charge in [-0.2, -0.15) is 0 Å². The number of fused-ring (bicyclic) bond motifs is 3. The molecule has 4 rings (SSSR count). The number of H-pyrrole nitrogens is 1. The number of nitrogens with one attached hydrogen (secondary N) is 3. The molecule has 4 aromatic rings. The van der Waals surface area contributed by atoms with E-state index in [0.29, 0.717) is 29.2 Å². The second kappa shape index (κ2) is 7.76. The van der Waals surface area contributed by atoms with Crippen molar-refractivity contribution in [3.05, 3.63) is 64.7 Å². The molecule has 1 amide bonds. The van der Waals surface area contributed by atoms with Gasteiger partial charge >= 0.3 is 0 Å². The highest BCUT2D eigenvalue weighted by Gasteiger charge is 2.16. The van der Waals surface area contributed by atoms with Gasteiger partial charge in [-0.1, -0.05) is 12.1 Å². The molecular formula is C21H21N4O4+. The molecule has 8 heteroatoms. The highest BCUT2D eigenvalue weighted by atomic mass is 16.5. The van der Waals surface area contributed by atoms with Crippen LogP contribution in [0.15, 0.2) is 57.7 Å². The minimum atomic E-state index is -0.323. The van der Waals surface area contributed by atoms with Crippen LogP contribution in [0.1, 0.15) is 5.82 Å². The maximum absolute atomic E-state index is 12.4. The summed E-state index contributed by atoms with van der Waals surface area (Å²) in [5.41, 5.74) is 1.75. The van der Waals surface area contributed by atoms with E-state index in [1.807, 2.05) is 25.2 Å². The van der Waals surface area contributed by atoms with Crippen molar-refractivity contribution in [2.24, 2.45) is 0 Å². The molecule has 0 aliphatic rings. The van der Waals surface area contributed by atoms with Gasteiger partial charge in [0.05, 0.1) is 14.2 Å². The molecule has 0 radical (unpaired) electrons. The van der Waals surface area contributed by atoms with E-state index in [4.69, 9.17) is 9.15 Å². The Bertz CT molecular complexity index is 1230. The Hall–Kier alpha value is -3.65. The van der Waals surface area contributed by atoms with E-state index in [1.54, 1.807) is 37.4 Å². The number of likely N-dealkylation sites (N-methyl/N-ethyl adjacent to an activating group) is 1. The number of carbonyl (C=O) groups is 1. The number of carbonyl (C=O) groups excluding carboxylic acids is 1. The van der Waals surface area contributed by atoms with Crippen LogP contribution in [-0.2, 0) is 11.3 Å². The zero-order valence-electron chi connectivity index (χ0n) is 16.1. The molecule has 1 atom stereocenters. The lowest BCUT2D eigenvalue weighted by atomic mass is 10.2. The van der Waals surface area contributed by atoms with Crippen molar-refractivity contribution in [2.75, 3.05) is 26.0 Å². The van der Waals surface area contributed by atoms with Gasteiger partial charge < -0.3 is 24.4 Å². The lowest BCUT2D eigenvalue weighted by molar-refractivity contribution is -0.885. The molecule has 0 spiro atoms. The van der Waals surface area contributed by atoms with E-state index in [1.165, 1.54) is 0 Å². The van der Waals surface area contributed by atoms with Crippen LogP contribution in [0.4, 0.5) is 5.69 Å². The molecule has 0 fully saturated rings. The average molecular weight is 393 g/mol. The van der Waals surface area contributed by atoms with E-state index in [2.05, 4.69) is 15.3 Å². The fraction of sp³-hybridized carbons (Fsp3) is 0.190. The lowest BCUT2D eigenvalue weighted by Gasteiger charge is -2.13. The first kappa shape index (κ1) is 18.7. The standard InChI is InChI=1S/C21H20N4O4/c1-25(12-18(26)22-13-7-9-14(28-2)10-8-13)11-17-23-19-15-5-3-4-6-16(15)29-20(19)21(27)24-17/h3-10H,11-12H2,1-2H3,(H,22,26)(H,23,24,27)/p+1. The van der Waals surface area contributed by atoms with Gasteiger partial charge in [-0.25, -0.2) is 4.98 Å². The maximum atomic E-state index is 12.4. The number of amides is 1. The summed E-state index contributed by atoms with van der Waals surface area (Å²) in [5, 5.41) is 3.64. The number of aromatic nitrogens is 2. The fourth-order valence-electron chi connectivity index (χ4n) is 3.23. The number of hydrogen-bond acceptors (Lipinski definition) is 5. The Morgan fingerprint density at radius 1 is 1.21 bits per heavy atom. The minimum absolute atomic E-state index is 0.134. The summed E-state index contributed by atoms with van der Waals surface area (Å²) >= 11 is 0. The van der Waals surface area contributed by atoms with Gasteiger partial charge in [-0.15, -0.1) is 0 Å². The van der Waals surface area contributed by atoms with Gasteiger partial charge in [0.25, 0.3) is 11.5 Å². The van der Waals surface area contributed by atoms with Gasteiger partial charge in [-0.3, -0.25) is 9.59 Å². The molecule has 148 valence electrons. The number of anilines is 1. The van der Waals surface area contributed by atoms with Crippen molar-refractivity contribution in [3.63, 3.8) is 0 Å². The van der Waals surface area contributed by atoms with Gasteiger partial charge in [0, 0.05) is 11.1 Å². The van der Waals surface area contributed by atoms with Crippen LogP contribution in [0, 0.1) is 0 Å². The normalized spacial score (nSPS) is 12.2. The maximum Gasteiger partial charge on any atom is 0.294 e. The number of rotatable bonds is 6. The predicted molar refractivity (Wildman–Crippen MR) is 109 cm³/mol. The first-order chi connectivity index (χ1) is 14.0. The molecule has 0 aliphatic carbocycles. The predicted octanol–water partition coefficient (Wildman–Crippen LogP) is 1.33. The first-order valence-corrected chi connectivity index (χ1v) is 9.19. The molecule has 3 N–H and O–H groups in total. The van der Waals surface area contributed by atoms with Crippen molar-refractivity contribution in [3.8, 4) is 5.75 Å². The smallest absolute Gasteiger partial charge is 0.294 e. The SMILES string of the molecule is COc1ccc(NC(=O)C[NH+](C)Cc2nc3c(oc4ccccc43)c(=O)[nH]2)cc1. The topological polar surface area (TPSA) is 102 Å². The molecule has 8 nitrogen and oxygen atoms in total. The van der Waals surface area contributed by atoms with E-state index >= 15 is 0 Å². The third-order valence-electron chi connectivity index (χ3n) is 4.59. The summed E-state index contributed by atoms with van der Waals surface area (Å²) in [7, 11) is 3.46. The van der Waals surface area contributed by atoms with Crippen LogP contribution in [-0.4, -0.2) is 36.6 Å². The Balaban J connectivity index is 1.46. The number of para-hydroxylation sites is 1. The van der Waals surface area contributed by atoms with E-state index in [0.717, 1.165) is 16.0 Å². The van der Waals surface area contributed by atoms with Crippen molar-refractivity contribution in [1.82, 2.24) is 9.97 Å².